The molecule has 0 saturated carbocycles. The Kier molecular flexibility index (Phi) is 4.57. The lowest BCUT2D eigenvalue weighted by Crippen LogP contribution is -2.51. The first-order valence-corrected chi connectivity index (χ1v) is 6.49. The highest BCUT2D eigenvalue weighted by Crippen LogP contribution is 2.07. The third-order valence-corrected chi connectivity index (χ3v) is 3.16. The zero-order chi connectivity index (χ0) is 13.7. The lowest BCUT2D eigenvalue weighted by Gasteiger charge is -2.25. The van der Waals surface area contributed by atoms with Crippen molar-refractivity contribution in [1.82, 2.24) is 16.0 Å². The molecule has 0 atom stereocenters. The molecule has 0 bridgehead atoms. The Labute approximate surface area is 111 Å². The van der Waals surface area contributed by atoms with Crippen LogP contribution in [0.25, 0.3) is 0 Å². The second-order valence-electron chi connectivity index (χ2n) is 4.69. The molecule has 1 saturated heterocycles. The van der Waals surface area contributed by atoms with Crippen molar-refractivity contribution in [3.05, 3.63) is 23.7 Å². The van der Waals surface area contributed by atoms with Gasteiger partial charge in [0.05, 0.1) is 12.2 Å². The summed E-state index contributed by atoms with van der Waals surface area (Å²) < 4.78 is 5.09. The number of rotatable bonds is 6. The molecule has 0 radical (unpaired) electrons. The second kappa shape index (κ2) is 6.38. The van der Waals surface area contributed by atoms with Crippen LogP contribution in [-0.4, -0.2) is 38.0 Å². The van der Waals surface area contributed by atoms with Crippen LogP contribution < -0.4 is 16.0 Å². The largest absolute Gasteiger partial charge is 0.459 e. The SMILES string of the molecule is Cc1ccoc1C(=O)NCCCNC(=O)C1CNC1. The second-order valence-corrected chi connectivity index (χ2v) is 4.69. The molecule has 3 N–H and O–H groups in total. The minimum Gasteiger partial charge on any atom is -0.459 e. The van der Waals surface area contributed by atoms with Crippen molar-refractivity contribution in [2.45, 2.75) is 13.3 Å². The number of hydrogen-bond donors (Lipinski definition) is 3. The average Bonchev–Trinajstić information content (AvgIpc) is 2.72. The van der Waals surface area contributed by atoms with E-state index in [4.69, 9.17) is 4.42 Å². The molecule has 0 spiro atoms. The minimum absolute atomic E-state index is 0.0898. The highest BCUT2D eigenvalue weighted by atomic mass is 16.3. The molecule has 2 rings (SSSR count). The monoisotopic (exact) mass is 265 g/mol. The molecular weight excluding hydrogens is 246 g/mol. The number of carbonyl (C=O) groups is 2. The molecule has 0 unspecified atom stereocenters. The quantitative estimate of drug-likeness (QED) is 0.634. The van der Waals surface area contributed by atoms with Crippen molar-refractivity contribution < 1.29 is 14.0 Å². The van der Waals surface area contributed by atoms with Crippen molar-refractivity contribution in [3.63, 3.8) is 0 Å². The molecule has 0 aliphatic carbocycles. The van der Waals surface area contributed by atoms with E-state index in [2.05, 4.69) is 16.0 Å². The third kappa shape index (κ3) is 3.57. The van der Waals surface area contributed by atoms with Gasteiger partial charge in [0, 0.05) is 31.7 Å². The van der Waals surface area contributed by atoms with E-state index in [1.165, 1.54) is 6.26 Å². The van der Waals surface area contributed by atoms with Crippen LogP contribution in [0.1, 0.15) is 22.5 Å². The van der Waals surface area contributed by atoms with Crippen LogP contribution in [0.15, 0.2) is 16.7 Å². The van der Waals surface area contributed by atoms with Gasteiger partial charge in [0.1, 0.15) is 0 Å². The smallest absolute Gasteiger partial charge is 0.287 e. The Morgan fingerprint density at radius 1 is 1.37 bits per heavy atom. The van der Waals surface area contributed by atoms with E-state index in [1.54, 1.807) is 6.07 Å². The average molecular weight is 265 g/mol. The molecule has 2 heterocycles. The Bertz CT molecular complexity index is 452. The van der Waals surface area contributed by atoms with Gasteiger partial charge in [-0.2, -0.15) is 0 Å². The third-order valence-electron chi connectivity index (χ3n) is 3.16. The predicted molar refractivity (Wildman–Crippen MR) is 69.8 cm³/mol. The van der Waals surface area contributed by atoms with E-state index in [1.807, 2.05) is 6.92 Å². The van der Waals surface area contributed by atoms with Crippen LogP contribution in [0.2, 0.25) is 0 Å². The minimum atomic E-state index is -0.211. The first-order valence-electron chi connectivity index (χ1n) is 6.49. The summed E-state index contributed by atoms with van der Waals surface area (Å²) >= 11 is 0. The molecular formula is C13H19N3O3. The number of aryl methyl sites for hydroxylation is 1. The van der Waals surface area contributed by atoms with Crippen LogP contribution >= 0.6 is 0 Å². The zero-order valence-electron chi connectivity index (χ0n) is 11.0. The molecule has 1 aliphatic rings. The summed E-state index contributed by atoms with van der Waals surface area (Å²) in [5, 5.41) is 8.66. The first-order chi connectivity index (χ1) is 9.18. The molecule has 6 nitrogen and oxygen atoms in total. The topological polar surface area (TPSA) is 83.4 Å². The van der Waals surface area contributed by atoms with Crippen LogP contribution in [0.5, 0.6) is 0 Å². The fourth-order valence-electron chi connectivity index (χ4n) is 1.81. The summed E-state index contributed by atoms with van der Waals surface area (Å²) in [6.07, 6.45) is 2.20. The summed E-state index contributed by atoms with van der Waals surface area (Å²) in [5.74, 6) is 0.342. The van der Waals surface area contributed by atoms with E-state index in [0.717, 1.165) is 18.7 Å². The highest BCUT2D eigenvalue weighted by molar-refractivity contribution is 5.92. The van der Waals surface area contributed by atoms with E-state index in [-0.39, 0.29) is 17.7 Å². The Morgan fingerprint density at radius 2 is 2.11 bits per heavy atom. The lowest BCUT2D eigenvalue weighted by molar-refractivity contribution is -0.126. The molecule has 1 fully saturated rings. The van der Waals surface area contributed by atoms with Crippen molar-refractivity contribution in [1.29, 1.82) is 0 Å². The Hall–Kier alpha value is -1.82. The van der Waals surface area contributed by atoms with Crippen LogP contribution in [0.4, 0.5) is 0 Å². The number of hydrogen-bond acceptors (Lipinski definition) is 4. The van der Waals surface area contributed by atoms with Gasteiger partial charge in [-0.05, 0) is 19.4 Å². The van der Waals surface area contributed by atoms with Crippen molar-refractivity contribution in [3.8, 4) is 0 Å². The number of carbonyl (C=O) groups excluding carboxylic acids is 2. The maximum Gasteiger partial charge on any atom is 0.287 e. The van der Waals surface area contributed by atoms with Gasteiger partial charge in [-0.25, -0.2) is 0 Å². The van der Waals surface area contributed by atoms with Gasteiger partial charge in [-0.15, -0.1) is 0 Å². The van der Waals surface area contributed by atoms with Gasteiger partial charge >= 0.3 is 0 Å². The zero-order valence-corrected chi connectivity index (χ0v) is 11.0. The molecule has 1 aliphatic heterocycles. The van der Waals surface area contributed by atoms with Gasteiger partial charge < -0.3 is 20.4 Å². The first kappa shape index (κ1) is 13.6. The molecule has 2 amide bonds. The van der Waals surface area contributed by atoms with E-state index >= 15 is 0 Å². The summed E-state index contributed by atoms with van der Waals surface area (Å²) in [6.45, 7) is 4.45. The standard InChI is InChI=1S/C13H19N3O3/c1-9-3-6-19-11(9)13(18)16-5-2-4-15-12(17)10-7-14-8-10/h3,6,10,14H,2,4-5,7-8H2,1H3,(H,15,17)(H,16,18). The Morgan fingerprint density at radius 3 is 2.68 bits per heavy atom. The van der Waals surface area contributed by atoms with Gasteiger partial charge in [-0.1, -0.05) is 0 Å². The summed E-state index contributed by atoms with van der Waals surface area (Å²) in [4.78, 5) is 23.2. The lowest BCUT2D eigenvalue weighted by atomic mass is 10.0. The molecule has 19 heavy (non-hydrogen) atoms. The Balaban J connectivity index is 1.58. The normalized spacial score (nSPS) is 14.8. The number of nitrogens with one attached hydrogen (secondary N) is 3. The van der Waals surface area contributed by atoms with Gasteiger partial charge in [0.25, 0.3) is 5.91 Å². The fraction of sp³-hybridized carbons (Fsp3) is 0.538. The summed E-state index contributed by atoms with van der Waals surface area (Å²) in [5.41, 5.74) is 0.822. The van der Waals surface area contributed by atoms with Crippen molar-refractivity contribution >= 4 is 11.8 Å². The summed E-state index contributed by atoms with van der Waals surface area (Å²) in [7, 11) is 0. The fourth-order valence-corrected chi connectivity index (χ4v) is 1.81. The molecule has 104 valence electrons. The molecule has 0 aromatic carbocycles. The van der Waals surface area contributed by atoms with Crippen molar-refractivity contribution in [2.75, 3.05) is 26.2 Å². The number of amides is 2. The van der Waals surface area contributed by atoms with Gasteiger partial charge in [0.2, 0.25) is 5.91 Å². The van der Waals surface area contributed by atoms with Crippen LogP contribution in [0, 0.1) is 12.8 Å². The number of furan rings is 1. The summed E-state index contributed by atoms with van der Waals surface area (Å²) in [6, 6.07) is 1.75. The van der Waals surface area contributed by atoms with Crippen LogP contribution in [-0.2, 0) is 4.79 Å². The maximum absolute atomic E-state index is 11.7. The van der Waals surface area contributed by atoms with Gasteiger partial charge in [-0.3, -0.25) is 9.59 Å². The van der Waals surface area contributed by atoms with Crippen LogP contribution in [0.3, 0.4) is 0 Å². The maximum atomic E-state index is 11.7. The van der Waals surface area contributed by atoms with E-state index in [9.17, 15) is 9.59 Å². The molecule has 1 aromatic heterocycles. The van der Waals surface area contributed by atoms with Gasteiger partial charge in [0.15, 0.2) is 5.76 Å². The highest BCUT2D eigenvalue weighted by Gasteiger charge is 2.24. The van der Waals surface area contributed by atoms with E-state index < -0.39 is 0 Å². The van der Waals surface area contributed by atoms with Crippen molar-refractivity contribution in [2.24, 2.45) is 5.92 Å². The van der Waals surface area contributed by atoms with E-state index in [0.29, 0.717) is 25.3 Å². The molecule has 1 aromatic rings. The molecule has 6 heteroatoms. The predicted octanol–water partition coefficient (Wildman–Crippen LogP) is 0.0435.